The van der Waals surface area contributed by atoms with Crippen molar-refractivity contribution in [2.75, 3.05) is 13.6 Å². The van der Waals surface area contributed by atoms with E-state index in [0.717, 1.165) is 6.54 Å². The number of hydrogen-bond donors (Lipinski definition) is 1. The lowest BCUT2D eigenvalue weighted by Crippen LogP contribution is -2.78. The first kappa shape index (κ1) is 15.5. The van der Waals surface area contributed by atoms with Crippen molar-refractivity contribution in [3.8, 4) is 0 Å². The summed E-state index contributed by atoms with van der Waals surface area (Å²) in [5.41, 5.74) is 0. The fourth-order valence-electron chi connectivity index (χ4n) is 1.90. The van der Waals surface area contributed by atoms with E-state index in [1.807, 2.05) is 18.1 Å². The lowest BCUT2D eigenvalue weighted by molar-refractivity contribution is -0.671. The Kier molecular flexibility index (Phi) is 7.66. The van der Waals surface area contributed by atoms with E-state index in [1.54, 1.807) is 6.20 Å². The van der Waals surface area contributed by atoms with Crippen LogP contribution < -0.4 is 9.88 Å². The van der Waals surface area contributed by atoms with Crippen LogP contribution >= 0.6 is 0 Å². The monoisotopic (exact) mass is 264 g/mol. The van der Waals surface area contributed by atoms with E-state index in [-0.39, 0.29) is 0 Å². The highest BCUT2D eigenvalue weighted by Gasteiger charge is 1.99. The van der Waals surface area contributed by atoms with Gasteiger partial charge in [0, 0.05) is 7.05 Å². The molecule has 0 aliphatic carbocycles. The van der Waals surface area contributed by atoms with Gasteiger partial charge < -0.3 is 10.2 Å². The van der Waals surface area contributed by atoms with Crippen molar-refractivity contribution < 1.29 is 9.88 Å². The van der Waals surface area contributed by atoms with Gasteiger partial charge in [0.2, 0.25) is 6.33 Å². The Bertz CT molecular complexity index is 381. The molecule has 0 fully saturated rings. The van der Waals surface area contributed by atoms with Crippen LogP contribution in [0.15, 0.2) is 43.9 Å². The van der Waals surface area contributed by atoms with Crippen LogP contribution in [0.5, 0.6) is 0 Å². The van der Waals surface area contributed by atoms with Crippen LogP contribution in [0.25, 0.3) is 0 Å². The zero-order valence-electron chi connectivity index (χ0n) is 12.3. The maximum Gasteiger partial charge on any atom is 0.243 e. The summed E-state index contributed by atoms with van der Waals surface area (Å²) in [5.74, 6) is 0. The first-order valence-electron chi connectivity index (χ1n) is 7.08. The topological polar surface area (TPSA) is 28.7 Å². The molecule has 1 aromatic rings. The van der Waals surface area contributed by atoms with Crippen molar-refractivity contribution in [3.63, 3.8) is 0 Å². The molecule has 0 saturated heterocycles. The normalized spacial score (nSPS) is 11.1. The van der Waals surface area contributed by atoms with Crippen molar-refractivity contribution in [2.45, 2.75) is 32.2 Å². The number of rotatable bonds is 10. The zero-order valence-corrected chi connectivity index (χ0v) is 12.3. The third-order valence-corrected chi connectivity index (χ3v) is 3.11. The van der Waals surface area contributed by atoms with E-state index in [0.29, 0.717) is 0 Å². The van der Waals surface area contributed by atoms with E-state index in [2.05, 4.69) is 53.0 Å². The smallest absolute Gasteiger partial charge is 0.243 e. The van der Waals surface area contributed by atoms with Gasteiger partial charge >= 0.3 is 0 Å². The molecule has 0 unspecified atom stereocenters. The van der Waals surface area contributed by atoms with Crippen LogP contribution in [0.2, 0.25) is 0 Å². The molecule has 0 atom stereocenters. The summed E-state index contributed by atoms with van der Waals surface area (Å²) in [6, 6.07) is 0. The average molecular weight is 264 g/mol. The first-order valence-corrected chi connectivity index (χ1v) is 7.08. The molecule has 1 heterocycles. The number of quaternary nitrogens is 1. The fraction of sp³-hybridized carbons (Fsp3) is 0.533. The highest BCUT2D eigenvalue weighted by Crippen LogP contribution is 2.00. The van der Waals surface area contributed by atoms with Crippen LogP contribution in [0.3, 0.4) is 0 Å². The van der Waals surface area contributed by atoms with Gasteiger partial charge in [-0.2, -0.15) is 0 Å². The largest absolute Gasteiger partial charge is 0.353 e. The predicted molar refractivity (Wildman–Crippen MR) is 78.0 cm³/mol. The summed E-state index contributed by atoms with van der Waals surface area (Å²) in [4.78, 5) is 1.95. The molecule has 0 aliphatic rings. The Morgan fingerprint density at radius 2 is 2.11 bits per heavy atom. The number of aryl methyl sites for hydroxylation is 2. The molecule has 0 radical (unpaired) electrons. The van der Waals surface area contributed by atoms with Crippen LogP contribution in [0.1, 0.15) is 25.7 Å². The molecular weight excluding hydrogens is 236 g/mol. The van der Waals surface area contributed by atoms with Gasteiger partial charge in [-0.15, -0.1) is 0 Å². The van der Waals surface area contributed by atoms with E-state index >= 15 is 0 Å². The first-order chi connectivity index (χ1) is 9.22. The molecule has 0 bridgehead atoms. The third kappa shape index (κ3) is 7.47. The molecule has 4 nitrogen and oxygen atoms in total. The van der Waals surface area contributed by atoms with Gasteiger partial charge in [-0.3, -0.25) is 0 Å². The van der Waals surface area contributed by atoms with E-state index in [9.17, 15) is 0 Å². The minimum Gasteiger partial charge on any atom is -0.353 e. The Morgan fingerprint density at radius 3 is 2.79 bits per heavy atom. The molecule has 0 saturated carbocycles. The third-order valence-electron chi connectivity index (χ3n) is 3.11. The molecule has 4 heteroatoms. The molecule has 0 aliphatic heterocycles. The van der Waals surface area contributed by atoms with Crippen molar-refractivity contribution in [2.24, 2.45) is 7.05 Å². The fourth-order valence-corrected chi connectivity index (χ4v) is 1.90. The quantitative estimate of drug-likeness (QED) is 0.495. The summed E-state index contributed by atoms with van der Waals surface area (Å²) in [5, 5.41) is 2.23. The Labute approximate surface area is 117 Å². The lowest BCUT2D eigenvalue weighted by Gasteiger charge is -2.03. The molecule has 19 heavy (non-hydrogen) atoms. The van der Waals surface area contributed by atoms with Crippen molar-refractivity contribution >= 4 is 0 Å². The minimum absolute atomic E-state index is 1.13. The summed E-state index contributed by atoms with van der Waals surface area (Å²) in [6.45, 7) is 5.99. The van der Waals surface area contributed by atoms with Crippen LogP contribution in [0, 0.1) is 0 Å². The Balaban J connectivity index is 1.91. The van der Waals surface area contributed by atoms with Gasteiger partial charge in [0.25, 0.3) is 0 Å². The summed E-state index contributed by atoms with van der Waals surface area (Å²) in [7, 11) is 4.04. The van der Waals surface area contributed by atoms with Gasteiger partial charge in [-0.25, -0.2) is 9.13 Å². The Hall–Kier alpha value is -1.55. The molecule has 2 N–H and O–H groups in total. The van der Waals surface area contributed by atoms with E-state index in [1.165, 1.54) is 32.2 Å². The molecule has 0 aromatic carbocycles. The average Bonchev–Trinajstić information content (AvgIpc) is 2.82. The highest BCUT2D eigenvalue weighted by molar-refractivity contribution is 4.78. The molecule has 0 spiro atoms. The number of aromatic nitrogens is 2. The number of nitrogens with zero attached hydrogens (tertiary/aromatic N) is 3. The maximum absolute atomic E-state index is 3.69. The Morgan fingerprint density at radius 1 is 1.32 bits per heavy atom. The molecular formula is C15H28N4+2. The van der Waals surface area contributed by atoms with Crippen molar-refractivity contribution in [1.82, 2.24) is 9.47 Å². The second-order valence-corrected chi connectivity index (χ2v) is 4.95. The van der Waals surface area contributed by atoms with Gasteiger partial charge in [0.05, 0.1) is 26.3 Å². The predicted octanol–water partition coefficient (Wildman–Crippen LogP) is 0.983. The van der Waals surface area contributed by atoms with E-state index in [4.69, 9.17) is 0 Å². The van der Waals surface area contributed by atoms with E-state index < -0.39 is 0 Å². The lowest BCUT2D eigenvalue weighted by atomic mass is 10.2. The summed E-state index contributed by atoms with van der Waals surface area (Å²) >= 11 is 0. The van der Waals surface area contributed by atoms with Crippen LogP contribution in [-0.4, -0.2) is 23.1 Å². The SMILES string of the molecule is C=CN(C)/C=C\[NH2+]CCCCCCn1cc[n+](C)c1. The van der Waals surface area contributed by atoms with Gasteiger partial charge in [-0.05, 0) is 31.9 Å². The van der Waals surface area contributed by atoms with Gasteiger partial charge in [-0.1, -0.05) is 6.58 Å². The number of hydrogen-bond acceptors (Lipinski definition) is 1. The van der Waals surface area contributed by atoms with Crippen LogP contribution in [-0.2, 0) is 13.6 Å². The number of imidazole rings is 1. The second kappa shape index (κ2) is 9.39. The molecule has 106 valence electrons. The molecule has 0 amide bonds. The summed E-state index contributed by atoms with van der Waals surface area (Å²) in [6.07, 6.45) is 17.4. The highest BCUT2D eigenvalue weighted by atomic mass is 15.1. The number of unbranched alkanes of at least 4 members (excludes halogenated alkanes) is 3. The number of nitrogens with two attached hydrogens (primary N) is 1. The van der Waals surface area contributed by atoms with Gasteiger partial charge in [0.15, 0.2) is 0 Å². The second-order valence-electron chi connectivity index (χ2n) is 4.95. The van der Waals surface area contributed by atoms with Crippen molar-refractivity contribution in [1.29, 1.82) is 0 Å². The standard InChI is InChI=1S/C15H27N4/c1-4-17(2)12-10-16-9-7-5-6-8-11-19-14-13-18(3)15-19/h4,10,12-16H,1,5-9,11H2,2-3H3/q+1/p+1/b12-10-. The van der Waals surface area contributed by atoms with Crippen LogP contribution in [0.4, 0.5) is 0 Å². The minimum atomic E-state index is 1.13. The molecule has 1 rings (SSSR count). The van der Waals surface area contributed by atoms with Crippen molar-refractivity contribution in [3.05, 3.63) is 43.9 Å². The summed E-state index contributed by atoms with van der Waals surface area (Å²) < 4.78 is 4.33. The maximum atomic E-state index is 3.69. The zero-order chi connectivity index (χ0) is 13.9. The molecule has 1 aromatic heterocycles. The van der Waals surface area contributed by atoms with Gasteiger partial charge in [0.1, 0.15) is 18.6 Å².